The average molecular weight is 321 g/mol. The number of hydrogen-bond donors (Lipinski definition) is 1. The highest BCUT2D eigenvalue weighted by atomic mass is 16.3. The predicted molar refractivity (Wildman–Crippen MR) is 103 cm³/mol. The van der Waals surface area contributed by atoms with Crippen molar-refractivity contribution < 1.29 is 5.11 Å². The second-order valence-electron chi connectivity index (χ2n) is 7.77. The lowest BCUT2D eigenvalue weighted by atomic mass is 10.0. The van der Waals surface area contributed by atoms with E-state index in [1.54, 1.807) is 0 Å². The van der Waals surface area contributed by atoms with Gasteiger partial charge in [0.05, 0.1) is 21.1 Å². The minimum Gasteiger partial charge on any atom is -0.503 e. The number of quaternary nitrogens is 1. The molecular weight excluding hydrogens is 282 g/mol. The Balaban J connectivity index is 2.17. The van der Waals surface area contributed by atoms with E-state index >= 15 is 0 Å². The largest absolute Gasteiger partial charge is 0.503 e. The summed E-state index contributed by atoms with van der Waals surface area (Å²) in [5, 5.41) is 10.0. The lowest BCUT2D eigenvalue weighted by molar-refractivity contribution is 0.426. The predicted octanol–water partition coefficient (Wildman–Crippen LogP) is 6.05. The maximum atomic E-state index is 10.0. The minimum absolute atomic E-state index is 0.407. The lowest BCUT2D eigenvalue weighted by Crippen LogP contribution is -2.34. The van der Waals surface area contributed by atoms with E-state index in [-0.39, 0.29) is 0 Å². The topological polar surface area (TPSA) is 20.2 Å². The fourth-order valence-corrected chi connectivity index (χ4v) is 3.08. The van der Waals surface area contributed by atoms with Gasteiger partial charge in [-0.25, -0.2) is 0 Å². The number of rotatable bonds is 12. The maximum Gasteiger partial charge on any atom is 0.177 e. The molecule has 0 spiro atoms. The summed E-state index contributed by atoms with van der Waals surface area (Å²) in [5.74, 6) is 0.407. The third-order valence-electron chi connectivity index (χ3n) is 4.58. The number of aryl methyl sites for hydroxylation is 1. The molecule has 1 N–H and O–H groups in total. The van der Waals surface area contributed by atoms with Gasteiger partial charge in [-0.15, -0.1) is 0 Å². The minimum atomic E-state index is 0.407. The van der Waals surface area contributed by atoms with Crippen molar-refractivity contribution in [1.82, 2.24) is 4.48 Å². The molecule has 0 heterocycles. The van der Waals surface area contributed by atoms with Crippen molar-refractivity contribution in [3.8, 4) is 5.75 Å². The molecule has 1 rings (SSSR count). The summed E-state index contributed by atoms with van der Waals surface area (Å²) in [6.07, 6.45) is 14.9. The van der Waals surface area contributed by atoms with Gasteiger partial charge in [-0.05, 0) is 24.5 Å². The number of hydrogen-bond acceptors (Lipinski definition) is 1. The van der Waals surface area contributed by atoms with Crippen LogP contribution in [0, 0.1) is 0 Å². The van der Waals surface area contributed by atoms with Gasteiger partial charge in [0, 0.05) is 6.07 Å². The van der Waals surface area contributed by atoms with Crippen molar-refractivity contribution in [3.05, 3.63) is 23.8 Å². The van der Waals surface area contributed by atoms with Crippen LogP contribution in [0.4, 0.5) is 5.69 Å². The summed E-state index contributed by atoms with van der Waals surface area (Å²) in [4.78, 5) is 0. The van der Waals surface area contributed by atoms with Crippen LogP contribution in [-0.2, 0) is 6.42 Å². The van der Waals surface area contributed by atoms with E-state index in [0.29, 0.717) is 10.2 Å². The van der Waals surface area contributed by atoms with Gasteiger partial charge in [0.2, 0.25) is 0 Å². The van der Waals surface area contributed by atoms with Crippen molar-refractivity contribution >= 4 is 5.69 Å². The molecule has 0 aliphatic heterocycles. The maximum absolute atomic E-state index is 10.0. The summed E-state index contributed by atoms with van der Waals surface area (Å²) < 4.78 is 0.664. The van der Waals surface area contributed by atoms with E-state index in [9.17, 15) is 5.11 Å². The molecule has 2 nitrogen and oxygen atoms in total. The molecular formula is C21H38NO+. The third kappa shape index (κ3) is 8.41. The van der Waals surface area contributed by atoms with Gasteiger partial charge in [-0.1, -0.05) is 70.8 Å². The number of unbranched alkanes of at least 4 members (excludes halogenated alkanes) is 9. The molecule has 23 heavy (non-hydrogen) atoms. The molecule has 2 heteroatoms. The molecule has 0 atom stereocenters. The van der Waals surface area contributed by atoms with Gasteiger partial charge in [0.15, 0.2) is 11.4 Å². The van der Waals surface area contributed by atoms with Gasteiger partial charge in [0.25, 0.3) is 0 Å². The van der Waals surface area contributed by atoms with E-state index in [0.717, 1.165) is 12.1 Å². The van der Waals surface area contributed by atoms with E-state index in [1.807, 2.05) is 6.07 Å². The van der Waals surface area contributed by atoms with Crippen LogP contribution < -0.4 is 4.48 Å². The zero-order chi connectivity index (χ0) is 17.1. The number of benzene rings is 1. The van der Waals surface area contributed by atoms with Crippen LogP contribution in [0.3, 0.4) is 0 Å². The Labute approximate surface area is 144 Å². The fourth-order valence-electron chi connectivity index (χ4n) is 3.08. The van der Waals surface area contributed by atoms with Gasteiger partial charge >= 0.3 is 0 Å². The van der Waals surface area contributed by atoms with E-state index in [4.69, 9.17) is 0 Å². The molecule has 1 aromatic carbocycles. The highest BCUT2D eigenvalue weighted by Gasteiger charge is 2.17. The monoisotopic (exact) mass is 320 g/mol. The van der Waals surface area contributed by atoms with Crippen LogP contribution in [0.15, 0.2) is 18.2 Å². The molecule has 0 bridgehead atoms. The Morgan fingerprint density at radius 2 is 1.30 bits per heavy atom. The fraction of sp³-hybridized carbons (Fsp3) is 0.714. The first-order valence-electron chi connectivity index (χ1n) is 9.59. The van der Waals surface area contributed by atoms with Crippen LogP contribution in [0.5, 0.6) is 5.75 Å². The van der Waals surface area contributed by atoms with E-state index < -0.39 is 0 Å². The molecule has 0 aromatic heterocycles. The highest BCUT2D eigenvalue weighted by Crippen LogP contribution is 2.30. The summed E-state index contributed by atoms with van der Waals surface area (Å²) >= 11 is 0. The number of phenolic OH excluding ortho intramolecular Hbond substituents is 1. The Morgan fingerprint density at radius 3 is 1.83 bits per heavy atom. The van der Waals surface area contributed by atoms with Crippen LogP contribution in [-0.4, -0.2) is 26.2 Å². The molecule has 0 unspecified atom stereocenters. The van der Waals surface area contributed by atoms with E-state index in [1.165, 1.54) is 69.8 Å². The summed E-state index contributed by atoms with van der Waals surface area (Å²) in [6, 6.07) is 6.09. The molecule has 0 amide bonds. The highest BCUT2D eigenvalue weighted by molar-refractivity contribution is 5.55. The second-order valence-corrected chi connectivity index (χ2v) is 7.77. The number of aromatic hydroxyl groups is 1. The van der Waals surface area contributed by atoms with Crippen molar-refractivity contribution in [1.29, 1.82) is 0 Å². The first-order valence-corrected chi connectivity index (χ1v) is 9.59. The second kappa shape index (κ2) is 10.7. The zero-order valence-corrected chi connectivity index (χ0v) is 15.9. The Hall–Kier alpha value is -1.02. The quantitative estimate of drug-likeness (QED) is 0.367. The van der Waals surface area contributed by atoms with Gasteiger partial charge in [-0.2, -0.15) is 0 Å². The third-order valence-corrected chi connectivity index (χ3v) is 4.58. The molecule has 0 fully saturated rings. The molecule has 132 valence electrons. The normalized spacial score (nSPS) is 11.8. The van der Waals surface area contributed by atoms with Crippen LogP contribution in [0.2, 0.25) is 0 Å². The smallest absolute Gasteiger partial charge is 0.177 e. The van der Waals surface area contributed by atoms with Crippen molar-refractivity contribution in [2.45, 2.75) is 77.6 Å². The number of phenols is 1. The zero-order valence-electron chi connectivity index (χ0n) is 15.9. The molecule has 0 saturated heterocycles. The SMILES string of the molecule is CCCCCCCCCCCCc1ccc(O)c([N+](C)(C)C)c1. The Bertz CT molecular complexity index is 434. The average Bonchev–Trinajstić information content (AvgIpc) is 2.49. The Morgan fingerprint density at radius 1 is 0.783 bits per heavy atom. The van der Waals surface area contributed by atoms with Gasteiger partial charge in [-0.3, -0.25) is 4.48 Å². The van der Waals surface area contributed by atoms with Crippen molar-refractivity contribution in [2.75, 3.05) is 21.1 Å². The summed E-state index contributed by atoms with van der Waals surface area (Å²) in [5.41, 5.74) is 2.36. The van der Waals surface area contributed by atoms with E-state index in [2.05, 4.69) is 40.2 Å². The van der Waals surface area contributed by atoms with Gasteiger partial charge in [0.1, 0.15) is 0 Å². The summed E-state index contributed by atoms with van der Waals surface area (Å²) in [7, 11) is 6.29. The van der Waals surface area contributed by atoms with Crippen molar-refractivity contribution in [2.24, 2.45) is 0 Å². The van der Waals surface area contributed by atoms with Crippen LogP contribution >= 0.6 is 0 Å². The first-order chi connectivity index (χ1) is 10.9. The van der Waals surface area contributed by atoms with Gasteiger partial charge < -0.3 is 5.11 Å². The molecule has 0 saturated carbocycles. The first kappa shape index (κ1) is 20.0. The molecule has 0 aliphatic rings. The molecule has 0 radical (unpaired) electrons. The molecule has 0 aliphatic carbocycles. The van der Waals surface area contributed by atoms with Crippen LogP contribution in [0.1, 0.15) is 76.7 Å². The summed E-state index contributed by atoms with van der Waals surface area (Å²) in [6.45, 7) is 2.28. The van der Waals surface area contributed by atoms with Crippen LogP contribution in [0.25, 0.3) is 0 Å². The Kier molecular flexibility index (Phi) is 9.31. The molecule has 1 aromatic rings. The number of nitrogens with zero attached hydrogens (tertiary/aromatic N) is 1. The standard InChI is InChI=1S/C21H37NO/c1-5-6-7-8-9-10-11-12-13-14-15-19-16-17-21(23)20(18-19)22(2,3)4/h16-18H,5-15H2,1-4H3/p+1. The lowest BCUT2D eigenvalue weighted by Gasteiger charge is -2.24. The van der Waals surface area contributed by atoms with Crippen molar-refractivity contribution in [3.63, 3.8) is 0 Å².